The molecule has 0 aliphatic heterocycles. The van der Waals surface area contributed by atoms with E-state index in [0.29, 0.717) is 12.1 Å². The first kappa shape index (κ1) is 12.2. The number of hydrogen-bond donors (Lipinski definition) is 2. The molecular formula is C12H10F2N2O2. The van der Waals surface area contributed by atoms with E-state index in [1.54, 1.807) is 6.92 Å². The lowest BCUT2D eigenvalue weighted by Gasteiger charge is -1.98. The van der Waals surface area contributed by atoms with Crippen LogP contribution < -0.4 is 0 Å². The number of carbonyl (C=O) groups is 1. The van der Waals surface area contributed by atoms with Gasteiger partial charge in [-0.05, 0) is 18.6 Å². The number of H-pyrrole nitrogens is 1. The highest BCUT2D eigenvalue weighted by atomic mass is 19.1. The molecule has 1 aromatic carbocycles. The van der Waals surface area contributed by atoms with Gasteiger partial charge in [0.25, 0.3) is 0 Å². The van der Waals surface area contributed by atoms with Gasteiger partial charge in [0.1, 0.15) is 17.5 Å². The zero-order valence-corrected chi connectivity index (χ0v) is 9.50. The van der Waals surface area contributed by atoms with E-state index >= 15 is 0 Å². The van der Waals surface area contributed by atoms with Gasteiger partial charge in [-0.1, -0.05) is 6.92 Å². The van der Waals surface area contributed by atoms with E-state index in [1.807, 2.05) is 0 Å². The number of hydrogen-bond acceptors (Lipinski definition) is 2. The molecule has 1 aromatic heterocycles. The van der Waals surface area contributed by atoms with Crippen molar-refractivity contribution < 1.29 is 18.7 Å². The number of nitrogens with one attached hydrogen (secondary N) is 1. The van der Waals surface area contributed by atoms with Crippen molar-refractivity contribution in [1.29, 1.82) is 0 Å². The zero-order chi connectivity index (χ0) is 13.3. The summed E-state index contributed by atoms with van der Waals surface area (Å²) in [5, 5.41) is 8.93. The van der Waals surface area contributed by atoms with E-state index < -0.39 is 17.6 Å². The number of carboxylic acids is 1. The first-order valence-corrected chi connectivity index (χ1v) is 5.30. The molecule has 0 saturated heterocycles. The number of rotatable bonds is 3. The van der Waals surface area contributed by atoms with E-state index in [9.17, 15) is 13.6 Å². The van der Waals surface area contributed by atoms with Gasteiger partial charge < -0.3 is 10.1 Å². The Kier molecular flexibility index (Phi) is 3.10. The lowest BCUT2D eigenvalue weighted by atomic mass is 10.2. The van der Waals surface area contributed by atoms with Crippen molar-refractivity contribution >= 4 is 5.97 Å². The van der Waals surface area contributed by atoms with Crippen LogP contribution in [0.3, 0.4) is 0 Å². The lowest BCUT2D eigenvalue weighted by molar-refractivity contribution is 0.0690. The second-order valence-corrected chi connectivity index (χ2v) is 3.70. The molecule has 2 rings (SSSR count). The average Bonchev–Trinajstić information content (AvgIpc) is 2.73. The van der Waals surface area contributed by atoms with Gasteiger partial charge >= 0.3 is 5.97 Å². The van der Waals surface area contributed by atoms with Crippen LogP contribution in [-0.2, 0) is 6.42 Å². The smallest absolute Gasteiger partial charge is 0.356 e. The summed E-state index contributed by atoms with van der Waals surface area (Å²) in [5.74, 6) is -2.58. The normalized spacial score (nSPS) is 10.6. The first-order chi connectivity index (χ1) is 8.52. The fourth-order valence-electron chi connectivity index (χ4n) is 1.65. The van der Waals surface area contributed by atoms with E-state index in [-0.39, 0.29) is 17.1 Å². The molecule has 0 unspecified atom stereocenters. The molecule has 0 bridgehead atoms. The number of aryl methyl sites for hydroxylation is 1. The molecule has 0 atom stereocenters. The predicted molar refractivity (Wildman–Crippen MR) is 60.3 cm³/mol. The quantitative estimate of drug-likeness (QED) is 0.882. The van der Waals surface area contributed by atoms with Gasteiger partial charge in [-0.2, -0.15) is 0 Å². The molecule has 2 aromatic rings. The summed E-state index contributed by atoms with van der Waals surface area (Å²) >= 11 is 0. The van der Waals surface area contributed by atoms with Gasteiger partial charge in [0, 0.05) is 11.8 Å². The van der Waals surface area contributed by atoms with Crippen LogP contribution in [-0.4, -0.2) is 21.0 Å². The Morgan fingerprint density at radius 1 is 1.44 bits per heavy atom. The van der Waals surface area contributed by atoms with Gasteiger partial charge in [-0.25, -0.2) is 18.6 Å². The molecule has 0 aliphatic rings. The van der Waals surface area contributed by atoms with Gasteiger partial charge in [-0.15, -0.1) is 0 Å². The van der Waals surface area contributed by atoms with Crippen molar-refractivity contribution in [3.8, 4) is 11.4 Å². The summed E-state index contributed by atoms with van der Waals surface area (Å²) in [6.07, 6.45) is 0.428. The monoisotopic (exact) mass is 252 g/mol. The molecule has 1 heterocycles. The summed E-state index contributed by atoms with van der Waals surface area (Å²) in [6, 6.07) is 3.03. The highest BCUT2D eigenvalue weighted by molar-refractivity contribution is 5.87. The maximum Gasteiger partial charge on any atom is 0.356 e. The SMILES string of the molecule is CCc1[nH]c(-c2ccc(F)cc2F)nc1C(=O)O. The molecule has 0 radical (unpaired) electrons. The largest absolute Gasteiger partial charge is 0.476 e. The second kappa shape index (κ2) is 4.56. The van der Waals surface area contributed by atoms with Crippen molar-refractivity contribution in [3.05, 3.63) is 41.2 Å². The van der Waals surface area contributed by atoms with Crippen LogP contribution in [0.15, 0.2) is 18.2 Å². The number of aromatic amines is 1. The van der Waals surface area contributed by atoms with E-state index in [1.165, 1.54) is 6.07 Å². The number of carboxylic acid groups (broad SMARTS) is 1. The Morgan fingerprint density at radius 2 is 2.17 bits per heavy atom. The predicted octanol–water partition coefficient (Wildman–Crippen LogP) is 2.62. The number of halogens is 2. The summed E-state index contributed by atoms with van der Waals surface area (Å²) in [5.41, 5.74) is 0.302. The van der Waals surface area contributed by atoms with Gasteiger partial charge in [0.05, 0.1) is 5.56 Å². The molecule has 0 aliphatic carbocycles. The Bertz CT molecular complexity index is 608. The number of imidazole rings is 1. The minimum atomic E-state index is -1.18. The third-order valence-corrected chi connectivity index (χ3v) is 2.52. The average molecular weight is 252 g/mol. The van der Waals surface area contributed by atoms with E-state index in [2.05, 4.69) is 9.97 Å². The Morgan fingerprint density at radius 3 is 2.67 bits per heavy atom. The molecule has 18 heavy (non-hydrogen) atoms. The molecular weight excluding hydrogens is 242 g/mol. The first-order valence-electron chi connectivity index (χ1n) is 5.30. The van der Waals surface area contributed by atoms with Crippen molar-refractivity contribution in [3.63, 3.8) is 0 Å². The molecule has 0 amide bonds. The lowest BCUT2D eigenvalue weighted by Crippen LogP contribution is -2.00. The third-order valence-electron chi connectivity index (χ3n) is 2.52. The van der Waals surface area contributed by atoms with Crippen LogP contribution in [0.25, 0.3) is 11.4 Å². The van der Waals surface area contributed by atoms with Crippen LogP contribution in [0, 0.1) is 11.6 Å². The van der Waals surface area contributed by atoms with Crippen molar-refractivity contribution in [1.82, 2.24) is 9.97 Å². The van der Waals surface area contributed by atoms with E-state index in [0.717, 1.165) is 12.1 Å². The standard InChI is InChI=1S/C12H10F2N2O2/c1-2-9-10(12(17)18)16-11(15-9)7-4-3-6(13)5-8(7)14/h3-5H,2H2,1H3,(H,15,16)(H,17,18). The minimum absolute atomic E-state index is 0.0404. The van der Waals surface area contributed by atoms with E-state index in [4.69, 9.17) is 5.11 Å². The van der Waals surface area contributed by atoms with Crippen LogP contribution in [0.2, 0.25) is 0 Å². The molecule has 6 heteroatoms. The number of nitrogens with zero attached hydrogens (tertiary/aromatic N) is 1. The number of benzene rings is 1. The summed E-state index contributed by atoms with van der Waals surface area (Å²) in [4.78, 5) is 17.5. The Balaban J connectivity index is 2.54. The highest BCUT2D eigenvalue weighted by Gasteiger charge is 2.18. The van der Waals surface area contributed by atoms with Crippen molar-refractivity contribution in [2.24, 2.45) is 0 Å². The molecule has 94 valence electrons. The Hall–Kier alpha value is -2.24. The van der Waals surface area contributed by atoms with Crippen molar-refractivity contribution in [2.75, 3.05) is 0 Å². The summed E-state index contributed by atoms with van der Waals surface area (Å²) < 4.78 is 26.3. The maximum atomic E-state index is 13.5. The van der Waals surface area contributed by atoms with Crippen LogP contribution in [0.5, 0.6) is 0 Å². The zero-order valence-electron chi connectivity index (χ0n) is 9.50. The van der Waals surface area contributed by atoms with Gasteiger partial charge in [0.2, 0.25) is 0 Å². The fourth-order valence-corrected chi connectivity index (χ4v) is 1.65. The molecule has 2 N–H and O–H groups in total. The molecule has 0 spiro atoms. The molecule has 0 saturated carbocycles. The van der Waals surface area contributed by atoms with Crippen LogP contribution >= 0.6 is 0 Å². The molecule has 4 nitrogen and oxygen atoms in total. The number of aromatic nitrogens is 2. The Labute approximate surface area is 101 Å². The highest BCUT2D eigenvalue weighted by Crippen LogP contribution is 2.22. The van der Waals surface area contributed by atoms with Crippen molar-refractivity contribution in [2.45, 2.75) is 13.3 Å². The van der Waals surface area contributed by atoms with Gasteiger partial charge in [-0.3, -0.25) is 0 Å². The topological polar surface area (TPSA) is 66.0 Å². The van der Waals surface area contributed by atoms with Gasteiger partial charge in [0.15, 0.2) is 5.69 Å². The van der Waals surface area contributed by atoms with Crippen LogP contribution in [0.4, 0.5) is 8.78 Å². The number of aromatic carboxylic acids is 1. The fraction of sp³-hybridized carbons (Fsp3) is 0.167. The minimum Gasteiger partial charge on any atom is -0.476 e. The molecule has 0 fully saturated rings. The third kappa shape index (κ3) is 2.09. The second-order valence-electron chi connectivity index (χ2n) is 3.70. The van der Waals surface area contributed by atoms with Crippen LogP contribution in [0.1, 0.15) is 23.1 Å². The summed E-state index contributed by atoms with van der Waals surface area (Å²) in [6.45, 7) is 1.75. The summed E-state index contributed by atoms with van der Waals surface area (Å²) in [7, 11) is 0. The maximum absolute atomic E-state index is 13.5.